The zero-order valence-electron chi connectivity index (χ0n) is 12.8. The molecule has 0 aromatic carbocycles. The molecule has 1 heterocycles. The summed E-state index contributed by atoms with van der Waals surface area (Å²) in [6.45, 7) is 11.1. The zero-order valence-corrected chi connectivity index (χ0v) is 12.8. The SMILES string of the molecule is CCCNc1nc(C)c([N+](=O)[O-])c(NCC(C)(C)C)n1. The Morgan fingerprint density at radius 2 is 1.90 bits per heavy atom. The highest BCUT2D eigenvalue weighted by atomic mass is 16.6. The highest BCUT2D eigenvalue weighted by Crippen LogP contribution is 2.27. The molecule has 0 amide bonds. The molecule has 1 rings (SSSR count). The van der Waals surface area contributed by atoms with E-state index in [0.717, 1.165) is 13.0 Å². The molecule has 0 unspecified atom stereocenters. The minimum absolute atomic E-state index is 0.00370. The van der Waals surface area contributed by atoms with Crippen molar-refractivity contribution >= 4 is 17.5 Å². The van der Waals surface area contributed by atoms with Crippen molar-refractivity contribution in [2.45, 2.75) is 41.0 Å². The van der Waals surface area contributed by atoms with E-state index in [1.165, 1.54) is 0 Å². The number of aromatic nitrogens is 2. The van der Waals surface area contributed by atoms with Crippen LogP contribution in [0.2, 0.25) is 0 Å². The van der Waals surface area contributed by atoms with Crippen molar-refractivity contribution in [3.8, 4) is 0 Å². The van der Waals surface area contributed by atoms with Crippen LogP contribution in [0.15, 0.2) is 0 Å². The fraction of sp³-hybridized carbons (Fsp3) is 0.692. The Kier molecular flexibility index (Phi) is 5.24. The highest BCUT2D eigenvalue weighted by Gasteiger charge is 2.23. The molecule has 7 nitrogen and oxygen atoms in total. The number of nitrogens with zero attached hydrogens (tertiary/aromatic N) is 3. The Labute approximate surface area is 119 Å². The second-order valence-corrected chi connectivity index (χ2v) is 5.93. The van der Waals surface area contributed by atoms with Gasteiger partial charge in [-0.2, -0.15) is 4.98 Å². The highest BCUT2D eigenvalue weighted by molar-refractivity contribution is 5.60. The van der Waals surface area contributed by atoms with E-state index in [4.69, 9.17) is 0 Å². The Morgan fingerprint density at radius 1 is 1.25 bits per heavy atom. The Bertz CT molecular complexity index is 482. The predicted octanol–water partition coefficient (Wildman–Crippen LogP) is 2.97. The molecule has 1 aromatic rings. The quantitative estimate of drug-likeness (QED) is 0.615. The van der Waals surface area contributed by atoms with Gasteiger partial charge >= 0.3 is 5.69 Å². The Balaban J connectivity index is 3.08. The molecule has 20 heavy (non-hydrogen) atoms. The fourth-order valence-electron chi connectivity index (χ4n) is 1.57. The lowest BCUT2D eigenvalue weighted by atomic mass is 9.97. The summed E-state index contributed by atoms with van der Waals surface area (Å²) in [4.78, 5) is 19.1. The maximum atomic E-state index is 11.2. The predicted molar refractivity (Wildman–Crippen MR) is 80.1 cm³/mol. The van der Waals surface area contributed by atoms with E-state index in [-0.39, 0.29) is 16.9 Å². The normalized spacial score (nSPS) is 11.2. The lowest BCUT2D eigenvalue weighted by Gasteiger charge is -2.19. The van der Waals surface area contributed by atoms with Crippen LogP contribution >= 0.6 is 0 Å². The molecule has 0 fully saturated rings. The van der Waals surface area contributed by atoms with Gasteiger partial charge < -0.3 is 10.6 Å². The number of nitro groups is 1. The van der Waals surface area contributed by atoms with Gasteiger partial charge in [0.1, 0.15) is 5.69 Å². The van der Waals surface area contributed by atoms with Crippen molar-refractivity contribution in [1.29, 1.82) is 0 Å². The van der Waals surface area contributed by atoms with E-state index in [2.05, 4.69) is 41.4 Å². The van der Waals surface area contributed by atoms with E-state index < -0.39 is 4.92 Å². The molecule has 112 valence electrons. The van der Waals surface area contributed by atoms with Gasteiger partial charge in [0.05, 0.1) is 4.92 Å². The summed E-state index contributed by atoms with van der Waals surface area (Å²) in [6, 6.07) is 0. The van der Waals surface area contributed by atoms with Gasteiger partial charge in [0.15, 0.2) is 0 Å². The van der Waals surface area contributed by atoms with Gasteiger partial charge in [-0.15, -0.1) is 0 Å². The van der Waals surface area contributed by atoms with E-state index in [9.17, 15) is 10.1 Å². The van der Waals surface area contributed by atoms with Gasteiger partial charge in [-0.3, -0.25) is 10.1 Å². The molecule has 0 atom stereocenters. The number of hydrogen-bond donors (Lipinski definition) is 2. The van der Waals surface area contributed by atoms with Crippen LogP contribution in [0.5, 0.6) is 0 Å². The van der Waals surface area contributed by atoms with Gasteiger partial charge in [-0.1, -0.05) is 27.7 Å². The lowest BCUT2D eigenvalue weighted by molar-refractivity contribution is -0.385. The minimum atomic E-state index is -0.441. The summed E-state index contributed by atoms with van der Waals surface area (Å²) in [6.07, 6.45) is 0.935. The topological polar surface area (TPSA) is 93.0 Å². The van der Waals surface area contributed by atoms with Crippen LogP contribution in [-0.2, 0) is 0 Å². The third kappa shape index (κ3) is 4.64. The van der Waals surface area contributed by atoms with Gasteiger partial charge in [0.25, 0.3) is 0 Å². The van der Waals surface area contributed by atoms with Gasteiger partial charge in [-0.05, 0) is 18.8 Å². The summed E-state index contributed by atoms with van der Waals surface area (Å²) in [5.41, 5.74) is 0.306. The number of aryl methyl sites for hydroxylation is 1. The van der Waals surface area contributed by atoms with Crippen molar-refractivity contribution in [3.63, 3.8) is 0 Å². The summed E-state index contributed by atoms with van der Waals surface area (Å²) in [5.74, 6) is 0.697. The molecular formula is C13H23N5O2. The molecule has 1 aromatic heterocycles. The maximum absolute atomic E-state index is 11.2. The number of rotatable bonds is 6. The molecule has 0 spiro atoms. The first-order valence-electron chi connectivity index (χ1n) is 6.75. The van der Waals surface area contributed by atoms with Gasteiger partial charge in [-0.25, -0.2) is 4.98 Å². The van der Waals surface area contributed by atoms with Crippen LogP contribution in [0.3, 0.4) is 0 Å². The molecule has 0 radical (unpaired) electrons. The van der Waals surface area contributed by atoms with Crippen molar-refractivity contribution in [2.75, 3.05) is 23.7 Å². The van der Waals surface area contributed by atoms with E-state index in [1.807, 2.05) is 6.92 Å². The summed E-state index contributed by atoms with van der Waals surface area (Å²) < 4.78 is 0. The smallest absolute Gasteiger partial charge is 0.332 e. The first-order chi connectivity index (χ1) is 9.24. The molecule has 0 aliphatic carbocycles. The molecule has 2 N–H and O–H groups in total. The van der Waals surface area contributed by atoms with Crippen molar-refractivity contribution in [1.82, 2.24) is 9.97 Å². The molecule has 0 aliphatic heterocycles. The van der Waals surface area contributed by atoms with E-state index in [1.54, 1.807) is 6.92 Å². The first kappa shape index (κ1) is 16.1. The number of nitrogens with one attached hydrogen (secondary N) is 2. The van der Waals surface area contributed by atoms with Crippen LogP contribution in [0.4, 0.5) is 17.5 Å². The van der Waals surface area contributed by atoms with Gasteiger partial charge in [0, 0.05) is 13.1 Å². The Morgan fingerprint density at radius 3 is 2.40 bits per heavy atom. The summed E-state index contributed by atoms with van der Waals surface area (Å²) >= 11 is 0. The lowest BCUT2D eigenvalue weighted by Crippen LogP contribution is -2.21. The monoisotopic (exact) mass is 281 g/mol. The standard InChI is InChI=1S/C13H23N5O2/c1-6-7-14-12-16-9(2)10(18(19)20)11(17-12)15-8-13(3,4)5/h6-8H2,1-5H3,(H2,14,15,16,17). The van der Waals surface area contributed by atoms with Gasteiger partial charge in [0.2, 0.25) is 11.8 Å². The molecule has 7 heteroatoms. The van der Waals surface area contributed by atoms with Crippen LogP contribution in [0.1, 0.15) is 39.8 Å². The summed E-state index contributed by atoms with van der Waals surface area (Å²) in [5, 5.41) is 17.3. The first-order valence-corrected chi connectivity index (χ1v) is 6.75. The van der Waals surface area contributed by atoms with Crippen LogP contribution < -0.4 is 10.6 Å². The molecular weight excluding hydrogens is 258 g/mol. The summed E-state index contributed by atoms with van der Waals surface area (Å²) in [7, 11) is 0. The second kappa shape index (κ2) is 6.49. The third-order valence-electron chi connectivity index (χ3n) is 2.56. The number of hydrogen-bond acceptors (Lipinski definition) is 6. The van der Waals surface area contributed by atoms with Crippen molar-refractivity contribution in [2.24, 2.45) is 5.41 Å². The molecule has 0 saturated heterocycles. The minimum Gasteiger partial charge on any atom is -0.364 e. The maximum Gasteiger partial charge on any atom is 0.332 e. The van der Waals surface area contributed by atoms with E-state index >= 15 is 0 Å². The van der Waals surface area contributed by atoms with Crippen LogP contribution in [0, 0.1) is 22.5 Å². The molecule has 0 bridgehead atoms. The largest absolute Gasteiger partial charge is 0.364 e. The average Bonchev–Trinajstić information content (AvgIpc) is 2.31. The van der Waals surface area contributed by atoms with Crippen molar-refractivity contribution in [3.05, 3.63) is 15.8 Å². The fourth-order valence-corrected chi connectivity index (χ4v) is 1.57. The van der Waals surface area contributed by atoms with Crippen molar-refractivity contribution < 1.29 is 4.92 Å². The molecule has 0 aliphatic rings. The van der Waals surface area contributed by atoms with E-state index in [0.29, 0.717) is 18.2 Å². The average molecular weight is 281 g/mol. The third-order valence-corrected chi connectivity index (χ3v) is 2.56. The zero-order chi connectivity index (χ0) is 15.3. The van der Waals surface area contributed by atoms with Crippen LogP contribution in [-0.4, -0.2) is 28.0 Å². The molecule has 0 saturated carbocycles. The Hall–Kier alpha value is -1.92. The number of anilines is 2. The second-order valence-electron chi connectivity index (χ2n) is 5.93. The van der Waals surface area contributed by atoms with Crippen LogP contribution in [0.25, 0.3) is 0 Å².